The predicted molar refractivity (Wildman–Crippen MR) is 114 cm³/mol. The van der Waals surface area contributed by atoms with Crippen molar-refractivity contribution in [1.82, 2.24) is 4.90 Å². The highest BCUT2D eigenvalue weighted by Crippen LogP contribution is 2.44. The second-order valence-electron chi connectivity index (χ2n) is 6.82. The van der Waals surface area contributed by atoms with Crippen molar-refractivity contribution in [3.63, 3.8) is 0 Å². The minimum absolute atomic E-state index is 0.00215. The number of aryl methyl sites for hydroxylation is 1. The molecule has 1 aromatic carbocycles. The Kier molecular flexibility index (Phi) is 5.40. The minimum atomic E-state index is -0.765. The fraction of sp³-hybridized carbons (Fsp3) is 0.182. The van der Waals surface area contributed by atoms with Crippen LogP contribution in [-0.2, 0) is 16.1 Å². The zero-order valence-corrected chi connectivity index (χ0v) is 17.8. The average Bonchev–Trinajstić information content (AvgIpc) is 3.45. The Hall–Kier alpha value is -3.03. The number of ether oxygens (including phenoxy) is 1. The fourth-order valence-corrected chi connectivity index (χ4v) is 4.78. The first-order valence-corrected chi connectivity index (χ1v) is 10.4. The van der Waals surface area contributed by atoms with E-state index in [0.717, 1.165) is 10.4 Å². The molecule has 1 atom stereocenters. The van der Waals surface area contributed by atoms with Crippen LogP contribution < -0.4 is 4.74 Å². The summed E-state index contributed by atoms with van der Waals surface area (Å²) in [6, 6.07) is 9.33. The number of likely N-dealkylation sites (tertiary alicyclic amines) is 1. The van der Waals surface area contributed by atoms with E-state index in [2.05, 4.69) is 0 Å². The van der Waals surface area contributed by atoms with E-state index in [-0.39, 0.29) is 23.4 Å². The average molecular weight is 444 g/mol. The largest absolute Gasteiger partial charge is 0.507 e. The molecular weight excluding hydrogens is 426 g/mol. The Bertz CT molecular complexity index is 1150. The molecule has 0 aliphatic carbocycles. The zero-order valence-electron chi connectivity index (χ0n) is 16.2. The molecule has 1 aliphatic rings. The summed E-state index contributed by atoms with van der Waals surface area (Å²) < 4.78 is 10.7. The van der Waals surface area contributed by atoms with Gasteiger partial charge in [-0.3, -0.25) is 9.59 Å². The number of hydrogen-bond acceptors (Lipinski definition) is 6. The molecule has 0 spiro atoms. The molecule has 8 heteroatoms. The van der Waals surface area contributed by atoms with Crippen molar-refractivity contribution in [2.45, 2.75) is 19.5 Å². The van der Waals surface area contributed by atoms with Crippen LogP contribution in [0.2, 0.25) is 5.02 Å². The number of furan rings is 1. The van der Waals surface area contributed by atoms with Crippen LogP contribution in [0.1, 0.15) is 27.8 Å². The molecule has 30 heavy (non-hydrogen) atoms. The van der Waals surface area contributed by atoms with Gasteiger partial charge in [-0.2, -0.15) is 0 Å². The van der Waals surface area contributed by atoms with E-state index in [9.17, 15) is 14.7 Å². The molecule has 1 N–H and O–H groups in total. The van der Waals surface area contributed by atoms with Crippen LogP contribution in [0.25, 0.3) is 5.76 Å². The number of methoxy groups -OCH3 is 1. The number of thiophene rings is 1. The van der Waals surface area contributed by atoms with E-state index in [1.54, 1.807) is 24.3 Å². The Labute approximate surface area is 181 Å². The third-order valence-corrected chi connectivity index (χ3v) is 6.32. The van der Waals surface area contributed by atoms with Crippen LogP contribution >= 0.6 is 22.9 Å². The lowest BCUT2D eigenvalue weighted by Gasteiger charge is -2.24. The smallest absolute Gasteiger partial charge is 0.296 e. The number of carbonyl (C=O) groups is 2. The maximum Gasteiger partial charge on any atom is 0.296 e. The number of rotatable bonds is 5. The van der Waals surface area contributed by atoms with Gasteiger partial charge < -0.3 is 19.2 Å². The maximum atomic E-state index is 13.1. The first-order chi connectivity index (χ1) is 14.4. The van der Waals surface area contributed by atoms with E-state index in [1.807, 2.05) is 18.4 Å². The van der Waals surface area contributed by atoms with E-state index < -0.39 is 17.7 Å². The third-order valence-electron chi connectivity index (χ3n) is 5.01. The van der Waals surface area contributed by atoms with Crippen molar-refractivity contribution in [2.75, 3.05) is 7.11 Å². The Morgan fingerprint density at radius 2 is 2.10 bits per heavy atom. The van der Waals surface area contributed by atoms with Gasteiger partial charge in [-0.05, 0) is 54.3 Å². The summed E-state index contributed by atoms with van der Waals surface area (Å²) in [6.07, 6.45) is 1.51. The molecule has 0 radical (unpaired) electrons. The molecule has 4 rings (SSSR count). The van der Waals surface area contributed by atoms with Gasteiger partial charge in [-0.1, -0.05) is 11.6 Å². The van der Waals surface area contributed by atoms with E-state index >= 15 is 0 Å². The normalized spacial score (nSPS) is 18.2. The molecule has 1 saturated heterocycles. The van der Waals surface area contributed by atoms with Crippen molar-refractivity contribution in [3.8, 4) is 5.75 Å². The first kappa shape index (κ1) is 20.3. The molecule has 1 unspecified atom stereocenters. The second kappa shape index (κ2) is 8.01. The van der Waals surface area contributed by atoms with Crippen molar-refractivity contribution in [2.24, 2.45) is 0 Å². The molecule has 0 bridgehead atoms. The Morgan fingerprint density at radius 3 is 2.73 bits per heavy atom. The van der Waals surface area contributed by atoms with E-state index in [1.165, 1.54) is 35.7 Å². The third kappa shape index (κ3) is 3.40. The lowest BCUT2D eigenvalue weighted by molar-refractivity contribution is -0.140. The zero-order chi connectivity index (χ0) is 21.4. The number of hydrogen-bond donors (Lipinski definition) is 1. The van der Waals surface area contributed by atoms with Crippen molar-refractivity contribution in [1.29, 1.82) is 0 Å². The first-order valence-electron chi connectivity index (χ1n) is 9.11. The summed E-state index contributed by atoms with van der Waals surface area (Å²) in [5, 5.41) is 13.4. The summed E-state index contributed by atoms with van der Waals surface area (Å²) in [5.74, 6) is -0.912. The molecule has 1 aliphatic heterocycles. The molecule has 1 fully saturated rings. The number of benzene rings is 1. The van der Waals surface area contributed by atoms with Crippen LogP contribution in [0.4, 0.5) is 0 Å². The fourth-order valence-electron chi connectivity index (χ4n) is 3.56. The van der Waals surface area contributed by atoms with Crippen molar-refractivity contribution < 1.29 is 23.8 Å². The second-order valence-corrected chi connectivity index (χ2v) is 8.20. The molecule has 2 aromatic heterocycles. The number of nitrogens with zero attached hydrogens (tertiary/aromatic N) is 1. The van der Waals surface area contributed by atoms with Crippen molar-refractivity contribution >= 4 is 40.4 Å². The van der Waals surface area contributed by atoms with Gasteiger partial charge in [0, 0.05) is 9.90 Å². The number of aliphatic hydroxyl groups is 1. The standard InChI is InChI=1S/C22H18ClNO5S/c1-12-7-9-30-21(12)18-17(19(25)15-10-13(23)5-6-16(15)28-2)20(26)22(27)24(18)11-14-4-3-8-29-14/h3-10,18,25H,11H2,1-2H3/b19-17+. The number of ketones is 1. The van der Waals surface area contributed by atoms with Crippen LogP contribution in [0.15, 0.2) is 58.0 Å². The lowest BCUT2D eigenvalue weighted by atomic mass is 9.98. The van der Waals surface area contributed by atoms with Gasteiger partial charge in [0.05, 0.1) is 31.1 Å². The number of amides is 1. The predicted octanol–water partition coefficient (Wildman–Crippen LogP) is 4.93. The Morgan fingerprint density at radius 1 is 1.30 bits per heavy atom. The summed E-state index contributed by atoms with van der Waals surface area (Å²) in [5.41, 5.74) is 1.16. The quantitative estimate of drug-likeness (QED) is 0.343. The number of Topliss-reactive ketones (excluding diaryl/α,β-unsaturated/α-hetero) is 1. The molecule has 3 heterocycles. The molecule has 6 nitrogen and oxygen atoms in total. The molecule has 0 saturated carbocycles. The van der Waals surface area contributed by atoms with Crippen LogP contribution in [0, 0.1) is 6.92 Å². The molecule has 3 aromatic rings. The summed E-state index contributed by atoms with van der Waals surface area (Å²) >= 11 is 7.53. The van der Waals surface area contributed by atoms with Gasteiger partial charge in [0.1, 0.15) is 23.3 Å². The highest BCUT2D eigenvalue weighted by Gasteiger charge is 2.47. The van der Waals surface area contributed by atoms with Gasteiger partial charge in [0.15, 0.2) is 0 Å². The molecular formula is C22H18ClNO5S. The number of halogens is 1. The number of aliphatic hydroxyl groups excluding tert-OH is 1. The van der Waals surface area contributed by atoms with Gasteiger partial charge >= 0.3 is 0 Å². The van der Waals surface area contributed by atoms with Gasteiger partial charge in [-0.15, -0.1) is 11.3 Å². The highest BCUT2D eigenvalue weighted by atomic mass is 35.5. The minimum Gasteiger partial charge on any atom is -0.507 e. The molecule has 1 amide bonds. The van der Waals surface area contributed by atoms with Crippen LogP contribution in [0.5, 0.6) is 5.75 Å². The monoisotopic (exact) mass is 443 g/mol. The summed E-state index contributed by atoms with van der Waals surface area (Å²) in [7, 11) is 1.45. The van der Waals surface area contributed by atoms with E-state index in [0.29, 0.717) is 16.5 Å². The van der Waals surface area contributed by atoms with Crippen molar-refractivity contribution in [3.05, 3.63) is 80.4 Å². The van der Waals surface area contributed by atoms with Gasteiger partial charge in [0.25, 0.3) is 11.7 Å². The summed E-state index contributed by atoms with van der Waals surface area (Å²) in [4.78, 5) is 28.2. The van der Waals surface area contributed by atoms with Crippen LogP contribution in [0.3, 0.4) is 0 Å². The molecule has 154 valence electrons. The maximum absolute atomic E-state index is 13.1. The lowest BCUT2D eigenvalue weighted by Crippen LogP contribution is -2.28. The van der Waals surface area contributed by atoms with E-state index in [4.69, 9.17) is 20.8 Å². The number of carbonyl (C=O) groups excluding carboxylic acids is 2. The SMILES string of the molecule is COc1ccc(Cl)cc1/C(O)=C1\C(=O)C(=O)N(Cc2ccco2)C1c1sccc1C. The summed E-state index contributed by atoms with van der Waals surface area (Å²) in [6.45, 7) is 2.00. The Balaban J connectivity index is 1.92. The topological polar surface area (TPSA) is 80.0 Å². The van der Waals surface area contributed by atoms with Gasteiger partial charge in [-0.25, -0.2) is 0 Å². The highest BCUT2D eigenvalue weighted by molar-refractivity contribution is 7.10. The van der Waals surface area contributed by atoms with Crippen LogP contribution in [-0.4, -0.2) is 28.8 Å². The van der Waals surface area contributed by atoms with Gasteiger partial charge in [0.2, 0.25) is 0 Å².